The van der Waals surface area contributed by atoms with Crippen LogP contribution in [0.2, 0.25) is 19.6 Å². The molecule has 1 aliphatic rings. The summed E-state index contributed by atoms with van der Waals surface area (Å²) in [5.41, 5.74) is 0.364. The summed E-state index contributed by atoms with van der Waals surface area (Å²) in [4.78, 5) is 0. The van der Waals surface area contributed by atoms with Crippen LogP contribution in [0.4, 0.5) is 0 Å². The van der Waals surface area contributed by atoms with Gasteiger partial charge in [-0.2, -0.15) is 0 Å². The molecule has 0 saturated carbocycles. The minimum absolute atomic E-state index is 0.364. The maximum atomic E-state index is 6.17. The highest BCUT2D eigenvalue weighted by Gasteiger charge is 2.30. The average Bonchev–Trinajstić information content (AvgIpc) is 1.97. The summed E-state index contributed by atoms with van der Waals surface area (Å²) in [7, 11) is -1.43. The molecule has 1 rings (SSSR count). The first-order valence-corrected chi connectivity index (χ1v) is 9.88. The van der Waals surface area contributed by atoms with E-state index in [0.29, 0.717) is 11.3 Å². The Morgan fingerprint density at radius 1 is 1.25 bits per heavy atom. The smallest absolute Gasteiger partial charge is 0.241 e. The van der Waals surface area contributed by atoms with Crippen molar-refractivity contribution in [1.82, 2.24) is 0 Å². The fourth-order valence-corrected chi connectivity index (χ4v) is 3.23. The lowest BCUT2D eigenvalue weighted by atomic mass is 9.72. The lowest BCUT2D eigenvalue weighted by Crippen LogP contribution is -2.30. The second-order valence-corrected chi connectivity index (χ2v) is 11.8. The highest BCUT2D eigenvalue weighted by atomic mass is 28.4. The Hall–Kier alpha value is -0.243. The van der Waals surface area contributed by atoms with Crippen LogP contribution in [0, 0.1) is 17.3 Å². The Morgan fingerprint density at radius 2 is 1.81 bits per heavy atom. The predicted octanol–water partition coefficient (Wildman–Crippen LogP) is 4.81. The topological polar surface area (TPSA) is 9.23 Å². The van der Waals surface area contributed by atoms with Crippen molar-refractivity contribution < 1.29 is 4.43 Å². The molecule has 0 saturated heterocycles. The molecule has 0 aromatic carbocycles. The van der Waals surface area contributed by atoms with Gasteiger partial charge in [0.15, 0.2) is 0 Å². The number of hydrogen-bond donors (Lipinski definition) is 0. The molecule has 2 atom stereocenters. The average molecular weight is 240 g/mol. The van der Waals surface area contributed by atoms with Crippen molar-refractivity contribution in [2.24, 2.45) is 17.3 Å². The summed E-state index contributed by atoms with van der Waals surface area (Å²) < 4.78 is 6.17. The van der Waals surface area contributed by atoms with Gasteiger partial charge in [0, 0.05) is 6.42 Å². The summed E-state index contributed by atoms with van der Waals surface area (Å²) in [6.07, 6.45) is 4.84. The first kappa shape index (κ1) is 13.8. The molecule has 1 nitrogen and oxygen atoms in total. The van der Waals surface area contributed by atoms with Crippen LogP contribution in [0.3, 0.4) is 0 Å². The largest absolute Gasteiger partial charge is 0.548 e. The van der Waals surface area contributed by atoms with Gasteiger partial charge in [-0.05, 0) is 49.4 Å². The van der Waals surface area contributed by atoms with Gasteiger partial charge in [-0.1, -0.05) is 27.7 Å². The molecule has 0 N–H and O–H groups in total. The third-order valence-electron chi connectivity index (χ3n) is 3.14. The molecular weight excluding hydrogens is 212 g/mol. The Bertz CT molecular complexity index is 267. The molecule has 0 unspecified atom stereocenters. The van der Waals surface area contributed by atoms with Crippen molar-refractivity contribution in [3.05, 3.63) is 11.8 Å². The second-order valence-electron chi connectivity index (χ2n) is 7.36. The van der Waals surface area contributed by atoms with Gasteiger partial charge in [-0.25, -0.2) is 0 Å². The van der Waals surface area contributed by atoms with E-state index in [2.05, 4.69) is 53.4 Å². The molecule has 0 aromatic rings. The monoisotopic (exact) mass is 240 g/mol. The highest BCUT2D eigenvalue weighted by molar-refractivity contribution is 6.70. The Morgan fingerprint density at radius 3 is 2.25 bits per heavy atom. The van der Waals surface area contributed by atoms with E-state index in [1.165, 1.54) is 12.2 Å². The lowest BCUT2D eigenvalue weighted by molar-refractivity contribution is 0.211. The van der Waals surface area contributed by atoms with Crippen LogP contribution in [0.1, 0.15) is 40.5 Å². The summed E-state index contributed by atoms with van der Waals surface area (Å²) >= 11 is 0. The van der Waals surface area contributed by atoms with Gasteiger partial charge >= 0.3 is 0 Å². The number of allylic oxidation sites excluding steroid dienone is 2. The van der Waals surface area contributed by atoms with Gasteiger partial charge in [0.05, 0.1) is 5.76 Å². The van der Waals surface area contributed by atoms with Crippen molar-refractivity contribution in [2.45, 2.75) is 60.2 Å². The maximum Gasteiger partial charge on any atom is 0.241 e. The van der Waals surface area contributed by atoms with Crippen LogP contribution in [0.25, 0.3) is 0 Å². The van der Waals surface area contributed by atoms with E-state index in [1.54, 1.807) is 0 Å². The minimum Gasteiger partial charge on any atom is -0.548 e. The molecule has 2 heteroatoms. The third kappa shape index (κ3) is 4.32. The SMILES string of the molecule is C[C@H]1CC(O[Si](C)(C)C)=C[C@H](C(C)(C)C)C1. The lowest BCUT2D eigenvalue weighted by Gasteiger charge is -2.36. The third-order valence-corrected chi connectivity index (χ3v) is 4.02. The van der Waals surface area contributed by atoms with Gasteiger partial charge in [0.25, 0.3) is 0 Å². The van der Waals surface area contributed by atoms with E-state index in [-0.39, 0.29) is 0 Å². The summed E-state index contributed by atoms with van der Waals surface area (Å²) in [6, 6.07) is 0. The van der Waals surface area contributed by atoms with Gasteiger partial charge in [0.2, 0.25) is 8.32 Å². The predicted molar refractivity (Wildman–Crippen MR) is 73.9 cm³/mol. The first-order valence-electron chi connectivity index (χ1n) is 6.47. The standard InChI is InChI=1S/C14H28OSi/c1-11-8-12(14(2,3)4)10-13(9-11)15-16(5,6)7/h10-12H,8-9H2,1-7H3/t11-,12-/m1/s1. The zero-order chi connectivity index (χ0) is 12.6. The van der Waals surface area contributed by atoms with E-state index in [0.717, 1.165) is 12.3 Å². The first-order chi connectivity index (χ1) is 7.08. The van der Waals surface area contributed by atoms with Crippen molar-refractivity contribution >= 4 is 8.32 Å². The molecule has 94 valence electrons. The van der Waals surface area contributed by atoms with E-state index in [1.807, 2.05) is 0 Å². The minimum atomic E-state index is -1.43. The summed E-state index contributed by atoms with van der Waals surface area (Å²) in [5, 5.41) is 0. The van der Waals surface area contributed by atoms with Crippen LogP contribution in [0.15, 0.2) is 11.8 Å². The van der Waals surface area contributed by atoms with Gasteiger partial charge in [-0.3, -0.25) is 0 Å². The molecule has 0 bridgehead atoms. The molecular formula is C14H28OSi. The maximum absolute atomic E-state index is 6.17. The highest BCUT2D eigenvalue weighted by Crippen LogP contribution is 2.39. The van der Waals surface area contributed by atoms with Crippen LogP contribution < -0.4 is 0 Å². The zero-order valence-corrected chi connectivity index (χ0v) is 13.1. The molecule has 0 radical (unpaired) electrons. The fourth-order valence-electron chi connectivity index (χ4n) is 2.29. The molecule has 16 heavy (non-hydrogen) atoms. The number of rotatable bonds is 2. The van der Waals surface area contributed by atoms with Crippen molar-refractivity contribution in [2.75, 3.05) is 0 Å². The van der Waals surface area contributed by atoms with Crippen molar-refractivity contribution in [3.63, 3.8) is 0 Å². The van der Waals surface area contributed by atoms with Gasteiger partial charge < -0.3 is 4.43 Å². The van der Waals surface area contributed by atoms with E-state index in [4.69, 9.17) is 4.43 Å². The molecule has 0 amide bonds. The molecule has 0 aliphatic heterocycles. The Balaban J connectivity index is 2.80. The van der Waals surface area contributed by atoms with Crippen LogP contribution in [0.5, 0.6) is 0 Å². The Kier molecular flexibility index (Phi) is 3.94. The molecule has 0 heterocycles. The Labute approximate surface area is 102 Å². The molecule has 0 fully saturated rings. The van der Waals surface area contributed by atoms with Crippen LogP contribution >= 0.6 is 0 Å². The van der Waals surface area contributed by atoms with E-state index >= 15 is 0 Å². The quantitative estimate of drug-likeness (QED) is 0.629. The second kappa shape index (κ2) is 4.56. The fraction of sp³-hybridized carbons (Fsp3) is 0.857. The number of hydrogen-bond acceptors (Lipinski definition) is 1. The van der Waals surface area contributed by atoms with Gasteiger partial charge in [-0.15, -0.1) is 0 Å². The zero-order valence-electron chi connectivity index (χ0n) is 12.1. The normalized spacial score (nSPS) is 27.6. The van der Waals surface area contributed by atoms with E-state index < -0.39 is 8.32 Å². The van der Waals surface area contributed by atoms with E-state index in [9.17, 15) is 0 Å². The van der Waals surface area contributed by atoms with Gasteiger partial charge in [0.1, 0.15) is 0 Å². The summed E-state index contributed by atoms with van der Waals surface area (Å²) in [6.45, 7) is 16.1. The molecule has 1 aliphatic carbocycles. The molecule has 0 aromatic heterocycles. The van der Waals surface area contributed by atoms with Crippen LogP contribution in [-0.2, 0) is 4.43 Å². The van der Waals surface area contributed by atoms with Crippen molar-refractivity contribution in [3.8, 4) is 0 Å². The molecule has 0 spiro atoms. The summed E-state index contributed by atoms with van der Waals surface area (Å²) in [5.74, 6) is 2.70. The van der Waals surface area contributed by atoms with Crippen molar-refractivity contribution in [1.29, 1.82) is 0 Å². The van der Waals surface area contributed by atoms with Crippen LogP contribution in [-0.4, -0.2) is 8.32 Å².